The summed E-state index contributed by atoms with van der Waals surface area (Å²) >= 11 is 0. The molecule has 0 aliphatic carbocycles. The molecule has 0 aromatic heterocycles. The second-order valence-electron chi connectivity index (χ2n) is 7.58. The third-order valence-electron chi connectivity index (χ3n) is 5.04. The third-order valence-corrected chi connectivity index (χ3v) is 5.04. The fraction of sp³-hybridized carbons (Fsp3) is 0.125. The van der Waals surface area contributed by atoms with Gasteiger partial charge in [-0.2, -0.15) is 0 Å². The number of carboxylic acid groups (broad SMARTS) is 3. The predicted octanol–water partition coefficient (Wildman–Crippen LogP) is 4.80. The summed E-state index contributed by atoms with van der Waals surface area (Å²) in [6, 6.07) is 12.3. The van der Waals surface area contributed by atoms with Crippen LogP contribution in [0.5, 0.6) is 0 Å². The summed E-state index contributed by atoms with van der Waals surface area (Å²) in [4.78, 5) is 61.1. The summed E-state index contributed by atoms with van der Waals surface area (Å²) in [6.45, 7) is 4.45. The van der Waals surface area contributed by atoms with E-state index in [0.29, 0.717) is 11.1 Å². The molecule has 3 N–H and O–H groups in total. The molecule has 0 aliphatic heterocycles. The van der Waals surface area contributed by atoms with E-state index in [2.05, 4.69) is 0 Å². The Morgan fingerprint density at radius 1 is 0.590 bits per heavy atom. The molecule has 0 unspecified atom stereocenters. The fourth-order valence-corrected chi connectivity index (χ4v) is 3.21. The van der Waals surface area contributed by atoms with Gasteiger partial charge in [0.1, 0.15) is 11.1 Å². The number of hydrogen-bond donors (Lipinski definition) is 3. The van der Waals surface area contributed by atoms with Crippen molar-refractivity contribution in [2.75, 3.05) is 0 Å². The molecule has 0 bridgehead atoms. The summed E-state index contributed by atoms with van der Waals surface area (Å²) in [5, 5.41) is 57.3. The van der Waals surface area contributed by atoms with Crippen LogP contribution in [0.3, 0.4) is 0 Å². The first-order valence-electron chi connectivity index (χ1n) is 10.5. The molecule has 0 heterocycles. The first kappa shape index (κ1) is 31.3. The highest BCUT2D eigenvalue weighted by molar-refractivity contribution is 5.94. The van der Waals surface area contributed by atoms with E-state index < -0.39 is 32.7 Å². The molecule has 0 fully saturated rings. The number of aryl methyl sites for hydroxylation is 2. The maximum atomic E-state index is 10.6. The number of nitrogens with zero attached hydrogens (tertiary/aromatic N) is 3. The minimum Gasteiger partial charge on any atom is -0.478 e. The minimum absolute atomic E-state index is 0.0331. The van der Waals surface area contributed by atoms with Crippen LogP contribution in [-0.4, -0.2) is 48.0 Å². The molecule has 3 aromatic rings. The molecular weight excluding hydrogens is 522 g/mol. The lowest BCUT2D eigenvalue weighted by molar-refractivity contribution is -0.385. The number of hydrogen-bond acceptors (Lipinski definition) is 9. The van der Waals surface area contributed by atoms with Crippen LogP contribution in [0.2, 0.25) is 0 Å². The number of nitro groups is 3. The van der Waals surface area contributed by atoms with Crippen molar-refractivity contribution in [2.45, 2.75) is 20.8 Å². The molecule has 0 radical (unpaired) electrons. The van der Waals surface area contributed by atoms with Crippen molar-refractivity contribution in [2.24, 2.45) is 0 Å². The van der Waals surface area contributed by atoms with Crippen molar-refractivity contribution in [1.29, 1.82) is 0 Å². The average Bonchev–Trinajstić information content (AvgIpc) is 2.83. The van der Waals surface area contributed by atoms with Gasteiger partial charge in [-0.15, -0.1) is 0 Å². The van der Waals surface area contributed by atoms with Gasteiger partial charge < -0.3 is 15.3 Å². The van der Waals surface area contributed by atoms with Crippen LogP contribution in [0.15, 0.2) is 54.6 Å². The van der Waals surface area contributed by atoms with Crippen LogP contribution in [0.4, 0.5) is 17.1 Å². The van der Waals surface area contributed by atoms with Crippen molar-refractivity contribution in [1.82, 2.24) is 0 Å². The van der Waals surface area contributed by atoms with Crippen LogP contribution < -0.4 is 0 Å². The van der Waals surface area contributed by atoms with Gasteiger partial charge in [-0.25, -0.2) is 14.4 Å². The Morgan fingerprint density at radius 3 is 1.44 bits per heavy atom. The zero-order valence-electron chi connectivity index (χ0n) is 20.6. The monoisotopic (exact) mass is 543 g/mol. The van der Waals surface area contributed by atoms with Crippen LogP contribution in [0, 0.1) is 51.1 Å². The van der Waals surface area contributed by atoms with Crippen LogP contribution >= 0.6 is 0 Å². The molecule has 0 aliphatic rings. The average molecular weight is 543 g/mol. The highest BCUT2D eigenvalue weighted by Gasteiger charge is 2.22. The Bertz CT molecular complexity index is 1360. The van der Waals surface area contributed by atoms with Gasteiger partial charge in [0.25, 0.3) is 17.1 Å². The van der Waals surface area contributed by atoms with Gasteiger partial charge in [0.2, 0.25) is 0 Å². The first-order valence-corrected chi connectivity index (χ1v) is 10.5. The Hall–Kier alpha value is -5.73. The Morgan fingerprint density at radius 2 is 1.03 bits per heavy atom. The topological polar surface area (TPSA) is 241 Å². The van der Waals surface area contributed by atoms with Gasteiger partial charge in [0, 0.05) is 23.3 Å². The number of para-hydroxylation sites is 1. The SMILES string of the molecule is Cc1c(C(=O)O)cccc1[N+](=O)[O-].Cc1cccc(C(=O)O)c1[N+](=O)[O-].Cc1cccc([N+](=O)[O-])c1C(=O)O. The summed E-state index contributed by atoms with van der Waals surface area (Å²) < 4.78 is 0. The van der Waals surface area contributed by atoms with E-state index in [1.807, 2.05) is 0 Å². The largest absolute Gasteiger partial charge is 0.478 e. The van der Waals surface area contributed by atoms with E-state index >= 15 is 0 Å². The second-order valence-corrected chi connectivity index (χ2v) is 7.58. The molecule has 15 nitrogen and oxygen atoms in total. The van der Waals surface area contributed by atoms with Crippen molar-refractivity contribution in [3.63, 3.8) is 0 Å². The molecule has 3 rings (SSSR count). The molecule has 204 valence electrons. The Kier molecular flexibility index (Phi) is 10.9. The number of carbonyl (C=O) groups is 3. The molecule has 0 saturated carbocycles. The van der Waals surface area contributed by atoms with Gasteiger partial charge in [0.15, 0.2) is 0 Å². The first-order chi connectivity index (χ1) is 18.1. The summed E-state index contributed by atoms with van der Waals surface area (Å²) in [7, 11) is 0. The lowest BCUT2D eigenvalue weighted by atomic mass is 10.1. The van der Waals surface area contributed by atoms with Crippen molar-refractivity contribution in [3.8, 4) is 0 Å². The molecule has 0 saturated heterocycles. The number of rotatable bonds is 6. The molecule has 15 heteroatoms. The number of benzene rings is 3. The van der Waals surface area contributed by atoms with Crippen LogP contribution in [0.25, 0.3) is 0 Å². The normalized spacial score (nSPS) is 9.62. The molecule has 3 aromatic carbocycles. The van der Waals surface area contributed by atoms with Crippen molar-refractivity contribution >= 4 is 35.0 Å². The van der Waals surface area contributed by atoms with Crippen LogP contribution in [0.1, 0.15) is 47.8 Å². The highest BCUT2D eigenvalue weighted by Crippen LogP contribution is 2.23. The molecule has 0 amide bonds. The minimum atomic E-state index is -1.28. The summed E-state index contributed by atoms with van der Waals surface area (Å²) in [5.74, 6) is -3.71. The van der Waals surface area contributed by atoms with E-state index in [-0.39, 0.29) is 39.3 Å². The van der Waals surface area contributed by atoms with Crippen molar-refractivity contribution < 1.29 is 44.5 Å². The number of nitro benzene ring substituents is 3. The van der Waals surface area contributed by atoms with Crippen LogP contribution in [-0.2, 0) is 0 Å². The third kappa shape index (κ3) is 8.14. The van der Waals surface area contributed by atoms with E-state index in [1.165, 1.54) is 75.4 Å². The van der Waals surface area contributed by atoms with Gasteiger partial charge in [0.05, 0.1) is 20.3 Å². The lowest BCUT2D eigenvalue weighted by Crippen LogP contribution is -2.04. The maximum Gasteiger partial charge on any atom is 0.343 e. The van der Waals surface area contributed by atoms with Gasteiger partial charge in [-0.05, 0) is 38.5 Å². The quantitative estimate of drug-likeness (QED) is 0.280. The lowest BCUT2D eigenvalue weighted by Gasteiger charge is -2.00. The maximum absolute atomic E-state index is 10.6. The zero-order valence-corrected chi connectivity index (χ0v) is 20.6. The van der Waals surface area contributed by atoms with Gasteiger partial charge in [-0.1, -0.05) is 30.3 Å². The van der Waals surface area contributed by atoms with E-state index in [9.17, 15) is 44.7 Å². The molecule has 39 heavy (non-hydrogen) atoms. The smallest absolute Gasteiger partial charge is 0.343 e. The molecule has 0 spiro atoms. The van der Waals surface area contributed by atoms with Gasteiger partial charge >= 0.3 is 17.9 Å². The fourth-order valence-electron chi connectivity index (χ4n) is 3.21. The number of carboxylic acids is 3. The zero-order chi connectivity index (χ0) is 30.0. The highest BCUT2D eigenvalue weighted by atomic mass is 16.6. The summed E-state index contributed by atoms with van der Waals surface area (Å²) in [6.07, 6.45) is 0. The Balaban J connectivity index is 0.000000292. The van der Waals surface area contributed by atoms with Crippen molar-refractivity contribution in [3.05, 3.63) is 118 Å². The second kappa shape index (κ2) is 13.5. The predicted molar refractivity (Wildman–Crippen MR) is 134 cm³/mol. The number of aromatic carboxylic acids is 3. The van der Waals surface area contributed by atoms with E-state index in [4.69, 9.17) is 15.3 Å². The van der Waals surface area contributed by atoms with Gasteiger partial charge in [-0.3, -0.25) is 30.3 Å². The van der Waals surface area contributed by atoms with E-state index in [0.717, 1.165) is 0 Å². The van der Waals surface area contributed by atoms with E-state index in [1.54, 1.807) is 0 Å². The molecule has 0 atom stereocenters. The Labute approximate surface area is 219 Å². The molecular formula is C24H21N3O12. The summed E-state index contributed by atoms with van der Waals surface area (Å²) in [5.41, 5.74) is -0.499. The standard InChI is InChI=1S/3C8H7NO4/c1-5-6(8(10)11)3-2-4-7(5)9(12)13;1-5-3-2-4-6(9(12)13)7(5)8(10)11;1-5-3-2-4-6(8(10)11)7(5)9(12)13/h3*2-4H,1H3,(H,10,11).